The van der Waals surface area contributed by atoms with Crippen molar-refractivity contribution in [2.45, 2.75) is 25.7 Å². The lowest BCUT2D eigenvalue weighted by Gasteiger charge is -2.07. The van der Waals surface area contributed by atoms with Gasteiger partial charge in [0.2, 0.25) is 5.95 Å². The van der Waals surface area contributed by atoms with Crippen LogP contribution >= 0.6 is 11.6 Å². The van der Waals surface area contributed by atoms with E-state index in [0.717, 1.165) is 0 Å². The Balaban J connectivity index is 2.46. The van der Waals surface area contributed by atoms with Gasteiger partial charge in [-0.2, -0.15) is 5.10 Å². The van der Waals surface area contributed by atoms with Gasteiger partial charge in [0.1, 0.15) is 10.0 Å². The fourth-order valence-electron chi connectivity index (χ4n) is 1.89. The highest BCUT2D eigenvalue weighted by Crippen LogP contribution is 2.21. The maximum Gasteiger partial charge on any atom is 0.267 e. The largest absolute Gasteiger partial charge is 0.271 e. The van der Waals surface area contributed by atoms with Gasteiger partial charge >= 0.3 is 0 Å². The SMILES string of the molecule is Cc1cc(Cl)nc(NS(=O)(=O)c2c(C)nn(C)c2C)n1. The van der Waals surface area contributed by atoms with Gasteiger partial charge in [0.15, 0.2) is 0 Å². The second-order valence-electron chi connectivity index (χ2n) is 4.38. The van der Waals surface area contributed by atoms with E-state index in [0.29, 0.717) is 17.1 Å². The van der Waals surface area contributed by atoms with E-state index in [1.54, 1.807) is 33.9 Å². The summed E-state index contributed by atoms with van der Waals surface area (Å²) >= 11 is 5.79. The summed E-state index contributed by atoms with van der Waals surface area (Å²) in [6, 6.07) is 1.54. The normalized spacial score (nSPS) is 11.7. The zero-order valence-electron chi connectivity index (χ0n) is 11.5. The topological polar surface area (TPSA) is 89.8 Å². The van der Waals surface area contributed by atoms with Crippen molar-refractivity contribution in [3.8, 4) is 0 Å². The Labute approximate surface area is 122 Å². The van der Waals surface area contributed by atoms with Crippen molar-refractivity contribution >= 4 is 27.6 Å². The molecule has 0 amide bonds. The molecule has 0 aliphatic carbocycles. The van der Waals surface area contributed by atoms with Crippen molar-refractivity contribution in [3.05, 3.63) is 28.3 Å². The molecule has 0 saturated heterocycles. The minimum atomic E-state index is -3.80. The van der Waals surface area contributed by atoms with Gasteiger partial charge in [0.05, 0.1) is 11.4 Å². The molecule has 0 fully saturated rings. The third kappa shape index (κ3) is 2.75. The number of nitrogens with one attached hydrogen (secondary N) is 1. The Morgan fingerprint density at radius 1 is 1.25 bits per heavy atom. The number of hydrogen-bond acceptors (Lipinski definition) is 5. The smallest absolute Gasteiger partial charge is 0.267 e. The lowest BCUT2D eigenvalue weighted by atomic mass is 10.4. The molecule has 2 rings (SSSR count). The molecule has 108 valence electrons. The van der Waals surface area contributed by atoms with Crippen molar-refractivity contribution < 1.29 is 8.42 Å². The highest BCUT2D eigenvalue weighted by atomic mass is 35.5. The number of anilines is 1. The molecule has 2 aromatic rings. The molecule has 2 aromatic heterocycles. The summed E-state index contributed by atoms with van der Waals surface area (Å²) in [6.45, 7) is 5.01. The predicted molar refractivity (Wildman–Crippen MR) is 75.3 cm³/mol. The summed E-state index contributed by atoms with van der Waals surface area (Å²) in [4.78, 5) is 7.97. The third-order valence-electron chi connectivity index (χ3n) is 2.76. The molecule has 2 heterocycles. The van der Waals surface area contributed by atoms with Crippen molar-refractivity contribution in [2.75, 3.05) is 4.72 Å². The van der Waals surface area contributed by atoms with Crippen LogP contribution in [0.5, 0.6) is 0 Å². The van der Waals surface area contributed by atoms with Gasteiger partial charge in [0.25, 0.3) is 10.0 Å². The van der Waals surface area contributed by atoms with Crippen LogP contribution in [0.4, 0.5) is 5.95 Å². The minimum Gasteiger partial charge on any atom is -0.271 e. The van der Waals surface area contributed by atoms with E-state index in [1.807, 2.05) is 0 Å². The standard InChI is InChI=1S/C11H14ClN5O2S/c1-6-5-9(12)14-11(13-6)16-20(18,19)10-7(2)15-17(4)8(10)3/h5H,1-4H3,(H,13,14,16). The first-order valence-electron chi connectivity index (χ1n) is 5.75. The summed E-state index contributed by atoms with van der Waals surface area (Å²) in [7, 11) is -2.12. The quantitative estimate of drug-likeness (QED) is 0.869. The predicted octanol–water partition coefficient (Wildman–Crippen LogP) is 1.59. The van der Waals surface area contributed by atoms with Gasteiger partial charge in [-0.25, -0.2) is 23.1 Å². The van der Waals surface area contributed by atoms with E-state index >= 15 is 0 Å². The van der Waals surface area contributed by atoms with Crippen molar-refractivity contribution in [2.24, 2.45) is 7.05 Å². The Morgan fingerprint density at radius 3 is 2.40 bits per heavy atom. The number of halogens is 1. The Hall–Kier alpha value is -1.67. The minimum absolute atomic E-state index is 0.0577. The van der Waals surface area contributed by atoms with Crippen molar-refractivity contribution in [3.63, 3.8) is 0 Å². The van der Waals surface area contributed by atoms with Crippen LogP contribution in [0.25, 0.3) is 0 Å². The summed E-state index contributed by atoms with van der Waals surface area (Å²) in [5, 5.41) is 4.26. The van der Waals surface area contributed by atoms with Crippen LogP contribution in [0.1, 0.15) is 17.1 Å². The van der Waals surface area contributed by atoms with Crippen LogP contribution in [-0.4, -0.2) is 28.2 Å². The van der Waals surface area contributed by atoms with E-state index in [1.165, 1.54) is 4.68 Å². The molecule has 0 aromatic carbocycles. The molecule has 0 atom stereocenters. The molecule has 0 aliphatic rings. The highest BCUT2D eigenvalue weighted by molar-refractivity contribution is 7.92. The van der Waals surface area contributed by atoms with Crippen LogP contribution in [0.2, 0.25) is 5.15 Å². The highest BCUT2D eigenvalue weighted by Gasteiger charge is 2.24. The molecule has 0 saturated carbocycles. The number of aryl methyl sites for hydroxylation is 3. The summed E-state index contributed by atoms with van der Waals surface area (Å²) < 4.78 is 28.6. The first-order valence-corrected chi connectivity index (χ1v) is 7.61. The van der Waals surface area contributed by atoms with E-state index in [9.17, 15) is 8.42 Å². The number of sulfonamides is 1. The Bertz CT molecular complexity index is 749. The second-order valence-corrected chi connectivity index (χ2v) is 6.39. The van der Waals surface area contributed by atoms with Crippen LogP contribution in [0.3, 0.4) is 0 Å². The fourth-order valence-corrected chi connectivity index (χ4v) is 3.51. The zero-order chi connectivity index (χ0) is 15.1. The fraction of sp³-hybridized carbons (Fsp3) is 0.364. The van der Waals surface area contributed by atoms with Crippen LogP contribution in [0.15, 0.2) is 11.0 Å². The monoisotopic (exact) mass is 315 g/mol. The molecule has 9 heteroatoms. The molecule has 7 nitrogen and oxygen atoms in total. The lowest BCUT2D eigenvalue weighted by molar-refractivity contribution is 0.599. The van der Waals surface area contributed by atoms with Gasteiger partial charge in [-0.1, -0.05) is 11.6 Å². The molecule has 0 unspecified atom stereocenters. The van der Waals surface area contributed by atoms with E-state index < -0.39 is 10.0 Å². The van der Waals surface area contributed by atoms with Gasteiger partial charge in [-0.3, -0.25) is 4.68 Å². The molecular formula is C11H14ClN5O2S. The third-order valence-corrected chi connectivity index (χ3v) is 4.53. The molecule has 0 aliphatic heterocycles. The average molecular weight is 316 g/mol. The molecule has 1 N–H and O–H groups in total. The zero-order valence-corrected chi connectivity index (χ0v) is 13.0. The molecular weight excluding hydrogens is 302 g/mol. The Morgan fingerprint density at radius 2 is 1.90 bits per heavy atom. The van der Waals surface area contributed by atoms with Crippen molar-refractivity contribution in [1.82, 2.24) is 19.7 Å². The van der Waals surface area contributed by atoms with Gasteiger partial charge in [-0.05, 0) is 26.8 Å². The van der Waals surface area contributed by atoms with Crippen LogP contribution in [0, 0.1) is 20.8 Å². The summed E-state index contributed by atoms with van der Waals surface area (Å²) in [6.07, 6.45) is 0. The Kier molecular flexibility index (Phi) is 3.70. The lowest BCUT2D eigenvalue weighted by Crippen LogP contribution is -2.17. The van der Waals surface area contributed by atoms with Gasteiger partial charge in [0, 0.05) is 12.7 Å². The molecule has 0 bridgehead atoms. The van der Waals surface area contributed by atoms with Crippen molar-refractivity contribution in [1.29, 1.82) is 0 Å². The van der Waals surface area contributed by atoms with Crippen LogP contribution < -0.4 is 4.72 Å². The molecule has 0 spiro atoms. The average Bonchev–Trinajstić information content (AvgIpc) is 2.50. The van der Waals surface area contributed by atoms with Crippen LogP contribution in [-0.2, 0) is 17.1 Å². The van der Waals surface area contributed by atoms with E-state index in [2.05, 4.69) is 19.8 Å². The van der Waals surface area contributed by atoms with E-state index in [4.69, 9.17) is 11.6 Å². The number of hydrogen-bond donors (Lipinski definition) is 1. The molecule has 20 heavy (non-hydrogen) atoms. The molecule has 0 radical (unpaired) electrons. The number of aromatic nitrogens is 4. The summed E-state index contributed by atoms with van der Waals surface area (Å²) in [5.74, 6) is -0.0577. The number of rotatable bonds is 3. The van der Waals surface area contributed by atoms with Gasteiger partial charge < -0.3 is 0 Å². The maximum atomic E-state index is 12.4. The number of nitrogens with zero attached hydrogens (tertiary/aromatic N) is 4. The van der Waals surface area contributed by atoms with Gasteiger partial charge in [-0.15, -0.1) is 0 Å². The van der Waals surface area contributed by atoms with E-state index in [-0.39, 0.29) is 16.0 Å². The first kappa shape index (κ1) is 14.7. The summed E-state index contributed by atoms with van der Waals surface area (Å²) in [5.41, 5.74) is 1.52. The maximum absolute atomic E-state index is 12.4. The first-order chi connectivity index (χ1) is 9.20. The second kappa shape index (κ2) is 5.02.